The van der Waals surface area contributed by atoms with Crippen LogP contribution in [0.1, 0.15) is 23.5 Å². The van der Waals surface area contributed by atoms with Gasteiger partial charge in [0.05, 0.1) is 6.61 Å². The van der Waals surface area contributed by atoms with Gasteiger partial charge in [0.1, 0.15) is 0 Å². The minimum Gasteiger partial charge on any atom is -0.392 e. The van der Waals surface area contributed by atoms with Crippen molar-refractivity contribution < 1.29 is 18.7 Å². The van der Waals surface area contributed by atoms with Crippen LogP contribution >= 0.6 is 0 Å². The van der Waals surface area contributed by atoms with Crippen molar-refractivity contribution in [1.29, 1.82) is 0 Å². The van der Waals surface area contributed by atoms with E-state index in [2.05, 4.69) is 5.32 Å². The molecule has 2 unspecified atom stereocenters. The first-order valence-corrected chi connectivity index (χ1v) is 7.04. The summed E-state index contributed by atoms with van der Waals surface area (Å²) in [5, 5.41) is 11.9. The highest BCUT2D eigenvalue weighted by atomic mass is 19.2. The summed E-state index contributed by atoms with van der Waals surface area (Å²) >= 11 is 0. The standard InChI is InChI=1S/C17H15F2NO2/c18-15-5-4-11(7-16(15)19)13-8-14(13)17(22)20-12-3-1-2-10(6-12)9-21/h1-7,13-14,21H,8-9H2,(H,20,22). The second-order valence-electron chi connectivity index (χ2n) is 5.47. The maximum Gasteiger partial charge on any atom is 0.228 e. The Morgan fingerprint density at radius 2 is 2.00 bits per heavy atom. The van der Waals surface area contributed by atoms with Gasteiger partial charge in [0.15, 0.2) is 11.6 Å². The van der Waals surface area contributed by atoms with Crippen molar-refractivity contribution in [2.75, 3.05) is 5.32 Å². The lowest BCUT2D eigenvalue weighted by atomic mass is 10.1. The Balaban J connectivity index is 1.66. The second-order valence-corrected chi connectivity index (χ2v) is 5.47. The molecular weight excluding hydrogens is 288 g/mol. The highest BCUT2D eigenvalue weighted by molar-refractivity contribution is 5.95. The van der Waals surface area contributed by atoms with E-state index in [9.17, 15) is 13.6 Å². The fraction of sp³-hybridized carbons (Fsp3) is 0.235. The first-order chi connectivity index (χ1) is 10.6. The molecule has 2 aromatic carbocycles. The Hall–Kier alpha value is -2.27. The number of hydrogen-bond donors (Lipinski definition) is 2. The van der Waals surface area contributed by atoms with E-state index >= 15 is 0 Å². The lowest BCUT2D eigenvalue weighted by Gasteiger charge is -2.06. The average Bonchev–Trinajstić information content (AvgIpc) is 3.31. The maximum atomic E-state index is 13.2. The molecule has 0 saturated heterocycles. The highest BCUT2D eigenvalue weighted by Crippen LogP contribution is 2.48. The molecule has 5 heteroatoms. The second kappa shape index (κ2) is 5.85. The van der Waals surface area contributed by atoms with Crippen LogP contribution in [-0.4, -0.2) is 11.0 Å². The number of aliphatic hydroxyl groups excluding tert-OH is 1. The smallest absolute Gasteiger partial charge is 0.228 e. The number of carbonyl (C=O) groups excluding carboxylic acids is 1. The third kappa shape index (κ3) is 2.99. The quantitative estimate of drug-likeness (QED) is 0.911. The maximum absolute atomic E-state index is 13.2. The van der Waals surface area contributed by atoms with Gasteiger partial charge in [0.2, 0.25) is 5.91 Å². The number of hydrogen-bond acceptors (Lipinski definition) is 2. The molecule has 3 rings (SSSR count). The van der Waals surface area contributed by atoms with E-state index in [1.54, 1.807) is 24.3 Å². The average molecular weight is 303 g/mol. The van der Waals surface area contributed by atoms with Crippen molar-refractivity contribution >= 4 is 11.6 Å². The van der Waals surface area contributed by atoms with Crippen LogP contribution in [0.2, 0.25) is 0 Å². The van der Waals surface area contributed by atoms with Crippen LogP contribution in [-0.2, 0) is 11.4 Å². The minimum atomic E-state index is -0.890. The molecule has 1 fully saturated rings. The van der Waals surface area contributed by atoms with Crippen molar-refractivity contribution in [2.45, 2.75) is 18.9 Å². The summed E-state index contributed by atoms with van der Waals surface area (Å²) in [6.45, 7) is -0.0926. The number of anilines is 1. The predicted octanol–water partition coefficient (Wildman–Crippen LogP) is 3.20. The molecule has 0 heterocycles. The molecule has 2 atom stereocenters. The molecule has 114 valence electrons. The third-order valence-electron chi connectivity index (χ3n) is 3.88. The molecule has 2 aromatic rings. The number of amides is 1. The van der Waals surface area contributed by atoms with Crippen molar-refractivity contribution in [2.24, 2.45) is 5.92 Å². The van der Waals surface area contributed by atoms with Gasteiger partial charge in [-0.05, 0) is 47.7 Å². The largest absolute Gasteiger partial charge is 0.392 e. The van der Waals surface area contributed by atoms with Crippen LogP contribution in [0.5, 0.6) is 0 Å². The lowest BCUT2D eigenvalue weighted by Crippen LogP contribution is -2.14. The number of rotatable bonds is 4. The number of halogens is 2. The molecule has 0 spiro atoms. The summed E-state index contributed by atoms with van der Waals surface area (Å²) < 4.78 is 26.1. The van der Waals surface area contributed by atoms with Crippen molar-refractivity contribution in [3.63, 3.8) is 0 Å². The summed E-state index contributed by atoms with van der Waals surface area (Å²) in [5.74, 6) is -2.23. The Bertz CT molecular complexity index is 718. The Kier molecular flexibility index (Phi) is 3.90. The molecule has 1 aliphatic rings. The fourth-order valence-electron chi connectivity index (χ4n) is 2.58. The fourth-order valence-corrected chi connectivity index (χ4v) is 2.58. The summed E-state index contributed by atoms with van der Waals surface area (Å²) in [7, 11) is 0. The zero-order valence-electron chi connectivity index (χ0n) is 11.7. The molecule has 2 N–H and O–H groups in total. The van der Waals surface area contributed by atoms with Gasteiger partial charge in [0.25, 0.3) is 0 Å². The van der Waals surface area contributed by atoms with Gasteiger partial charge in [-0.3, -0.25) is 4.79 Å². The zero-order valence-corrected chi connectivity index (χ0v) is 11.7. The van der Waals surface area contributed by atoms with Gasteiger partial charge in [-0.1, -0.05) is 18.2 Å². The van der Waals surface area contributed by atoms with Gasteiger partial charge in [-0.25, -0.2) is 8.78 Å². The van der Waals surface area contributed by atoms with Gasteiger partial charge >= 0.3 is 0 Å². The van der Waals surface area contributed by atoms with Crippen LogP contribution in [0.3, 0.4) is 0 Å². The van der Waals surface area contributed by atoms with Crippen molar-refractivity contribution in [3.05, 3.63) is 65.2 Å². The van der Waals surface area contributed by atoms with E-state index in [1.807, 2.05) is 0 Å². The Morgan fingerprint density at radius 1 is 1.18 bits per heavy atom. The van der Waals surface area contributed by atoms with Gasteiger partial charge < -0.3 is 10.4 Å². The highest BCUT2D eigenvalue weighted by Gasteiger charge is 2.44. The third-order valence-corrected chi connectivity index (χ3v) is 3.88. The number of nitrogens with one attached hydrogen (secondary N) is 1. The topological polar surface area (TPSA) is 49.3 Å². The molecule has 0 bridgehead atoms. The molecule has 1 amide bonds. The number of aliphatic hydroxyl groups is 1. The summed E-state index contributed by atoms with van der Waals surface area (Å²) in [4.78, 5) is 12.2. The minimum absolute atomic E-state index is 0.0730. The number of carbonyl (C=O) groups is 1. The first kappa shape index (κ1) is 14.7. The molecule has 3 nitrogen and oxygen atoms in total. The predicted molar refractivity (Wildman–Crippen MR) is 78.2 cm³/mol. The molecule has 0 radical (unpaired) electrons. The molecule has 1 saturated carbocycles. The Labute approximate surface area is 126 Å². The molecular formula is C17H15F2NO2. The van der Waals surface area contributed by atoms with Crippen molar-refractivity contribution in [1.82, 2.24) is 0 Å². The summed E-state index contributed by atoms with van der Waals surface area (Å²) in [6, 6.07) is 10.7. The first-order valence-electron chi connectivity index (χ1n) is 7.04. The van der Waals surface area contributed by atoms with Crippen molar-refractivity contribution in [3.8, 4) is 0 Å². The van der Waals surface area contributed by atoms with E-state index in [0.29, 0.717) is 23.2 Å². The summed E-state index contributed by atoms with van der Waals surface area (Å²) in [5.41, 5.74) is 1.97. The van der Waals surface area contributed by atoms with E-state index in [-0.39, 0.29) is 24.3 Å². The van der Waals surface area contributed by atoms with Crippen LogP contribution < -0.4 is 5.32 Å². The number of benzene rings is 2. The van der Waals surface area contributed by atoms with Gasteiger partial charge in [-0.15, -0.1) is 0 Å². The van der Waals surface area contributed by atoms with E-state index < -0.39 is 11.6 Å². The van der Waals surface area contributed by atoms with E-state index in [4.69, 9.17) is 5.11 Å². The molecule has 22 heavy (non-hydrogen) atoms. The zero-order chi connectivity index (χ0) is 15.7. The monoisotopic (exact) mass is 303 g/mol. The lowest BCUT2D eigenvalue weighted by molar-refractivity contribution is -0.117. The van der Waals surface area contributed by atoms with E-state index in [1.165, 1.54) is 6.07 Å². The van der Waals surface area contributed by atoms with Gasteiger partial charge in [0, 0.05) is 11.6 Å². The van der Waals surface area contributed by atoms with Crippen LogP contribution in [0, 0.1) is 17.6 Å². The molecule has 1 aliphatic carbocycles. The van der Waals surface area contributed by atoms with Gasteiger partial charge in [-0.2, -0.15) is 0 Å². The van der Waals surface area contributed by atoms with Crippen LogP contribution in [0.25, 0.3) is 0 Å². The molecule has 0 aromatic heterocycles. The molecule has 0 aliphatic heterocycles. The van der Waals surface area contributed by atoms with Crippen LogP contribution in [0.4, 0.5) is 14.5 Å². The summed E-state index contributed by atoms with van der Waals surface area (Å²) in [6.07, 6.45) is 0.622. The Morgan fingerprint density at radius 3 is 2.73 bits per heavy atom. The SMILES string of the molecule is O=C(Nc1cccc(CO)c1)C1CC1c1ccc(F)c(F)c1. The normalized spacial score (nSPS) is 19.8. The van der Waals surface area contributed by atoms with Crippen LogP contribution in [0.15, 0.2) is 42.5 Å². The van der Waals surface area contributed by atoms with E-state index in [0.717, 1.165) is 12.1 Å².